The van der Waals surface area contributed by atoms with Gasteiger partial charge in [-0.15, -0.1) is 0 Å². The Balaban J connectivity index is 1.42. The molecule has 4 unspecified atom stereocenters. The van der Waals surface area contributed by atoms with Crippen LogP contribution in [0.5, 0.6) is 11.5 Å². The number of amides is 1. The number of carbonyl (C=O) groups is 1. The summed E-state index contributed by atoms with van der Waals surface area (Å²) in [5.74, 6) is 2.72. The Morgan fingerprint density at radius 1 is 1.25 bits per heavy atom. The summed E-state index contributed by atoms with van der Waals surface area (Å²) in [6.07, 6.45) is 3.48. The Bertz CT molecular complexity index is 656. The lowest BCUT2D eigenvalue weighted by atomic mass is 9.82. The second kappa shape index (κ2) is 5.66. The Morgan fingerprint density at radius 2 is 2.00 bits per heavy atom. The van der Waals surface area contributed by atoms with Crippen molar-refractivity contribution in [2.75, 3.05) is 13.3 Å². The molecule has 0 spiro atoms. The van der Waals surface area contributed by atoms with E-state index in [2.05, 4.69) is 19.2 Å². The van der Waals surface area contributed by atoms with E-state index in [-0.39, 0.29) is 30.1 Å². The Labute approximate surface area is 142 Å². The highest BCUT2D eigenvalue weighted by Crippen LogP contribution is 2.47. The van der Waals surface area contributed by atoms with Gasteiger partial charge in [-0.3, -0.25) is 4.79 Å². The van der Waals surface area contributed by atoms with Gasteiger partial charge < -0.3 is 20.5 Å². The van der Waals surface area contributed by atoms with Gasteiger partial charge >= 0.3 is 0 Å². The molecule has 2 saturated carbocycles. The first-order chi connectivity index (χ1) is 11.5. The van der Waals surface area contributed by atoms with Crippen LogP contribution in [0.15, 0.2) is 18.2 Å². The molecule has 1 heterocycles. The van der Waals surface area contributed by atoms with Gasteiger partial charge in [0.1, 0.15) is 0 Å². The molecule has 24 heavy (non-hydrogen) atoms. The van der Waals surface area contributed by atoms with Gasteiger partial charge in [-0.05, 0) is 48.8 Å². The number of rotatable bonds is 4. The molecule has 0 saturated heterocycles. The van der Waals surface area contributed by atoms with Gasteiger partial charge in [0, 0.05) is 18.0 Å². The monoisotopic (exact) mass is 330 g/mol. The predicted octanol–water partition coefficient (Wildman–Crippen LogP) is 2.18. The number of benzene rings is 1. The number of hydrogen-bond acceptors (Lipinski definition) is 4. The third-order valence-corrected chi connectivity index (χ3v) is 6.14. The minimum Gasteiger partial charge on any atom is -0.454 e. The van der Waals surface area contributed by atoms with Crippen molar-refractivity contribution >= 4 is 5.91 Å². The zero-order valence-corrected chi connectivity index (χ0v) is 14.4. The number of hydrogen-bond donors (Lipinski definition) is 2. The molecule has 1 aromatic rings. The highest BCUT2D eigenvalue weighted by molar-refractivity contribution is 5.80. The van der Waals surface area contributed by atoms with Gasteiger partial charge in [-0.25, -0.2) is 0 Å². The molecule has 4 rings (SSSR count). The lowest BCUT2D eigenvalue weighted by Gasteiger charge is -2.30. The molecule has 2 bridgehead atoms. The number of nitrogens with two attached hydrogens (primary N) is 1. The van der Waals surface area contributed by atoms with E-state index >= 15 is 0 Å². The number of nitrogens with one attached hydrogen (secondary N) is 1. The van der Waals surface area contributed by atoms with Gasteiger partial charge in [-0.1, -0.05) is 19.9 Å². The molecule has 2 fully saturated rings. The van der Waals surface area contributed by atoms with Crippen LogP contribution in [0.2, 0.25) is 0 Å². The summed E-state index contributed by atoms with van der Waals surface area (Å²) < 4.78 is 10.8. The highest BCUT2D eigenvalue weighted by Gasteiger charge is 2.49. The number of carbonyl (C=O) groups excluding carboxylic acids is 1. The Morgan fingerprint density at radius 3 is 2.75 bits per heavy atom. The van der Waals surface area contributed by atoms with Crippen molar-refractivity contribution in [3.8, 4) is 11.5 Å². The van der Waals surface area contributed by atoms with E-state index in [1.807, 2.05) is 18.2 Å². The maximum atomic E-state index is 12.7. The van der Waals surface area contributed by atoms with E-state index in [9.17, 15) is 4.79 Å². The van der Waals surface area contributed by atoms with Crippen LogP contribution in [0.4, 0.5) is 0 Å². The summed E-state index contributed by atoms with van der Waals surface area (Å²) in [5, 5.41) is 3.16. The molecule has 1 amide bonds. The molecule has 1 aromatic carbocycles. The largest absolute Gasteiger partial charge is 0.454 e. The predicted molar refractivity (Wildman–Crippen MR) is 90.9 cm³/mol. The first-order valence-electron chi connectivity index (χ1n) is 8.89. The van der Waals surface area contributed by atoms with Crippen LogP contribution in [0.1, 0.15) is 38.7 Å². The van der Waals surface area contributed by atoms with Crippen LogP contribution in [0.3, 0.4) is 0 Å². The second-order valence-corrected chi connectivity index (χ2v) is 8.11. The fourth-order valence-corrected chi connectivity index (χ4v) is 4.57. The van der Waals surface area contributed by atoms with Crippen molar-refractivity contribution in [3.05, 3.63) is 23.8 Å². The van der Waals surface area contributed by atoms with Crippen molar-refractivity contribution in [1.82, 2.24) is 5.32 Å². The van der Waals surface area contributed by atoms with E-state index in [0.29, 0.717) is 18.4 Å². The molecule has 0 aromatic heterocycles. The number of ether oxygens (including phenoxy) is 2. The van der Waals surface area contributed by atoms with E-state index in [4.69, 9.17) is 15.2 Å². The lowest BCUT2D eigenvalue weighted by Crippen LogP contribution is -2.47. The molecule has 5 nitrogen and oxygen atoms in total. The van der Waals surface area contributed by atoms with Crippen LogP contribution in [-0.2, 0) is 10.2 Å². The molecule has 1 aliphatic heterocycles. The second-order valence-electron chi connectivity index (χ2n) is 8.11. The van der Waals surface area contributed by atoms with E-state index in [1.165, 1.54) is 6.42 Å². The van der Waals surface area contributed by atoms with Crippen molar-refractivity contribution in [1.29, 1.82) is 0 Å². The third kappa shape index (κ3) is 2.55. The molecule has 0 radical (unpaired) electrons. The van der Waals surface area contributed by atoms with E-state index in [0.717, 1.165) is 29.9 Å². The summed E-state index contributed by atoms with van der Waals surface area (Å²) in [6, 6.07) is 6.03. The van der Waals surface area contributed by atoms with Crippen molar-refractivity contribution in [2.45, 2.75) is 44.6 Å². The lowest BCUT2D eigenvalue weighted by molar-refractivity contribution is -0.127. The maximum Gasteiger partial charge on any atom is 0.231 e. The van der Waals surface area contributed by atoms with Crippen LogP contribution in [0, 0.1) is 17.8 Å². The van der Waals surface area contributed by atoms with Gasteiger partial charge in [0.2, 0.25) is 12.7 Å². The van der Waals surface area contributed by atoms with Crippen LogP contribution < -0.4 is 20.5 Å². The molecule has 3 N–H and O–H groups in total. The Hall–Kier alpha value is -1.75. The molecule has 3 aliphatic rings. The van der Waals surface area contributed by atoms with Gasteiger partial charge in [0.05, 0.1) is 5.92 Å². The summed E-state index contributed by atoms with van der Waals surface area (Å²) in [4.78, 5) is 12.7. The van der Waals surface area contributed by atoms with Crippen LogP contribution >= 0.6 is 0 Å². The quantitative estimate of drug-likeness (QED) is 0.887. The fraction of sp³-hybridized carbons (Fsp3) is 0.632. The topological polar surface area (TPSA) is 73.6 Å². The summed E-state index contributed by atoms with van der Waals surface area (Å²) in [5.41, 5.74) is 7.23. The van der Waals surface area contributed by atoms with Crippen LogP contribution in [0.25, 0.3) is 0 Å². The molecule has 130 valence electrons. The number of fused-ring (bicyclic) bond motifs is 3. The first-order valence-corrected chi connectivity index (χ1v) is 8.89. The zero-order chi connectivity index (χ0) is 16.9. The SMILES string of the molecule is CC(C)(CNC(=O)C1C2CCC(C2)C1N)c1ccc2c(c1)OCO2. The molecular weight excluding hydrogens is 304 g/mol. The first kappa shape index (κ1) is 15.8. The minimum atomic E-state index is -0.182. The molecule has 5 heteroatoms. The van der Waals surface area contributed by atoms with Gasteiger partial charge in [0.15, 0.2) is 11.5 Å². The molecule has 2 aliphatic carbocycles. The normalized spacial score (nSPS) is 30.6. The van der Waals surface area contributed by atoms with Crippen LogP contribution in [-0.4, -0.2) is 25.3 Å². The summed E-state index contributed by atoms with van der Waals surface area (Å²) in [6.45, 7) is 5.13. The van der Waals surface area contributed by atoms with Crippen molar-refractivity contribution in [3.63, 3.8) is 0 Å². The zero-order valence-electron chi connectivity index (χ0n) is 14.4. The minimum absolute atomic E-state index is 0.00342. The van der Waals surface area contributed by atoms with Crippen molar-refractivity contribution in [2.24, 2.45) is 23.5 Å². The van der Waals surface area contributed by atoms with Gasteiger partial charge in [-0.2, -0.15) is 0 Å². The Kier molecular flexibility index (Phi) is 3.71. The summed E-state index contributed by atoms with van der Waals surface area (Å²) in [7, 11) is 0. The third-order valence-electron chi connectivity index (χ3n) is 6.14. The molecule has 4 atom stereocenters. The fourth-order valence-electron chi connectivity index (χ4n) is 4.57. The van der Waals surface area contributed by atoms with E-state index < -0.39 is 0 Å². The highest BCUT2D eigenvalue weighted by atomic mass is 16.7. The van der Waals surface area contributed by atoms with Crippen molar-refractivity contribution < 1.29 is 14.3 Å². The maximum absolute atomic E-state index is 12.7. The average Bonchev–Trinajstić information content (AvgIpc) is 3.27. The molecular formula is C19H26N2O3. The average molecular weight is 330 g/mol. The van der Waals surface area contributed by atoms with Gasteiger partial charge in [0.25, 0.3) is 0 Å². The summed E-state index contributed by atoms with van der Waals surface area (Å²) >= 11 is 0. The standard InChI is InChI=1S/C19H26N2O3/c1-19(2,13-5-6-14-15(8-13)24-10-23-14)9-21-18(22)16-11-3-4-12(7-11)17(16)20/h5-6,8,11-12,16-17H,3-4,7,9-10,20H2,1-2H3,(H,21,22). The van der Waals surface area contributed by atoms with E-state index in [1.54, 1.807) is 0 Å². The smallest absolute Gasteiger partial charge is 0.231 e.